The average molecular weight is 260 g/mol. The molecule has 1 saturated carbocycles. The molecule has 4 nitrogen and oxygen atoms in total. The summed E-state index contributed by atoms with van der Waals surface area (Å²) >= 11 is 0. The fraction of sp³-hybridized carbons (Fsp3) is 0.733. The largest absolute Gasteiger partial charge is 0.305 e. The Labute approximate surface area is 115 Å². The minimum atomic E-state index is 0.294. The Hall–Kier alpha value is -1.00. The van der Waals surface area contributed by atoms with Gasteiger partial charge in [-0.2, -0.15) is 0 Å². The van der Waals surface area contributed by atoms with Crippen molar-refractivity contribution in [1.29, 1.82) is 0 Å². The molecule has 1 aromatic rings. The Bertz CT molecular complexity index is 414. The van der Waals surface area contributed by atoms with Gasteiger partial charge in [-0.15, -0.1) is 0 Å². The molecule has 0 bridgehead atoms. The number of aromatic nitrogens is 2. The minimum Gasteiger partial charge on any atom is -0.305 e. The van der Waals surface area contributed by atoms with Crippen LogP contribution in [0.4, 0.5) is 0 Å². The molecule has 1 aliphatic heterocycles. The van der Waals surface area contributed by atoms with Crippen molar-refractivity contribution in [3.63, 3.8) is 0 Å². The molecule has 1 saturated heterocycles. The third-order valence-corrected chi connectivity index (χ3v) is 4.41. The van der Waals surface area contributed by atoms with Crippen LogP contribution in [0, 0.1) is 0 Å². The van der Waals surface area contributed by atoms with Crippen molar-refractivity contribution in [2.75, 3.05) is 26.7 Å². The summed E-state index contributed by atoms with van der Waals surface area (Å²) in [5, 5.41) is 3.53. The predicted molar refractivity (Wildman–Crippen MR) is 76.1 cm³/mol. The second kappa shape index (κ2) is 5.97. The van der Waals surface area contributed by atoms with Crippen LogP contribution >= 0.6 is 0 Å². The van der Waals surface area contributed by atoms with Crippen molar-refractivity contribution in [2.45, 2.75) is 44.1 Å². The van der Waals surface area contributed by atoms with Gasteiger partial charge in [0, 0.05) is 37.4 Å². The Kier molecular flexibility index (Phi) is 4.09. The van der Waals surface area contributed by atoms with Gasteiger partial charge in [-0.25, -0.2) is 9.97 Å². The number of hydrogen-bond acceptors (Lipinski definition) is 4. The van der Waals surface area contributed by atoms with E-state index in [-0.39, 0.29) is 0 Å². The van der Waals surface area contributed by atoms with E-state index in [1.807, 2.05) is 6.20 Å². The number of piperazine rings is 1. The molecule has 3 rings (SSSR count). The van der Waals surface area contributed by atoms with Gasteiger partial charge in [0.2, 0.25) is 0 Å². The maximum absolute atomic E-state index is 4.85. The number of hydrogen-bond donors (Lipinski definition) is 1. The van der Waals surface area contributed by atoms with Crippen LogP contribution in [0.15, 0.2) is 12.3 Å². The van der Waals surface area contributed by atoms with Crippen LogP contribution in [0.25, 0.3) is 0 Å². The zero-order valence-corrected chi connectivity index (χ0v) is 11.8. The fourth-order valence-corrected chi connectivity index (χ4v) is 3.25. The highest BCUT2D eigenvalue weighted by Crippen LogP contribution is 2.31. The summed E-state index contributed by atoms with van der Waals surface area (Å²) in [6.07, 6.45) is 8.65. The highest BCUT2D eigenvalue weighted by Gasteiger charge is 2.22. The fourth-order valence-electron chi connectivity index (χ4n) is 3.25. The molecule has 2 heterocycles. The second-order valence-corrected chi connectivity index (χ2v) is 5.94. The summed E-state index contributed by atoms with van der Waals surface area (Å²) < 4.78 is 0. The highest BCUT2D eigenvalue weighted by molar-refractivity contribution is 5.11. The molecule has 0 amide bonds. The average Bonchev–Trinajstić information content (AvgIpc) is 2.48. The molecule has 104 valence electrons. The lowest BCUT2D eigenvalue weighted by Gasteiger charge is -2.30. The Morgan fingerprint density at radius 3 is 2.89 bits per heavy atom. The van der Waals surface area contributed by atoms with Gasteiger partial charge < -0.3 is 10.2 Å². The van der Waals surface area contributed by atoms with E-state index in [4.69, 9.17) is 4.98 Å². The third kappa shape index (κ3) is 3.12. The van der Waals surface area contributed by atoms with Crippen LogP contribution in [-0.4, -0.2) is 41.5 Å². The van der Waals surface area contributed by atoms with E-state index >= 15 is 0 Å². The van der Waals surface area contributed by atoms with Gasteiger partial charge in [-0.05, 0) is 26.0 Å². The quantitative estimate of drug-likeness (QED) is 0.884. The van der Waals surface area contributed by atoms with E-state index in [0.717, 1.165) is 25.5 Å². The molecule has 2 aliphatic rings. The maximum atomic E-state index is 4.85. The summed E-state index contributed by atoms with van der Waals surface area (Å²) in [7, 11) is 2.17. The molecule has 1 aliphatic carbocycles. The van der Waals surface area contributed by atoms with Crippen LogP contribution in [0.5, 0.6) is 0 Å². The molecule has 0 aromatic carbocycles. The monoisotopic (exact) mass is 260 g/mol. The van der Waals surface area contributed by atoms with Crippen molar-refractivity contribution < 1.29 is 0 Å². The number of nitrogens with one attached hydrogen (secondary N) is 1. The van der Waals surface area contributed by atoms with Crippen molar-refractivity contribution in [3.05, 3.63) is 23.8 Å². The topological polar surface area (TPSA) is 41.0 Å². The van der Waals surface area contributed by atoms with Crippen molar-refractivity contribution in [1.82, 2.24) is 20.2 Å². The van der Waals surface area contributed by atoms with Crippen molar-refractivity contribution in [2.24, 2.45) is 0 Å². The number of rotatable bonds is 2. The van der Waals surface area contributed by atoms with Gasteiger partial charge in [-0.3, -0.25) is 0 Å². The zero-order chi connectivity index (χ0) is 13.1. The molecule has 0 radical (unpaired) electrons. The molecule has 1 unspecified atom stereocenters. The number of likely N-dealkylation sites (N-methyl/N-ethyl adjacent to an activating group) is 1. The summed E-state index contributed by atoms with van der Waals surface area (Å²) in [4.78, 5) is 11.7. The predicted octanol–water partition coefficient (Wildman–Crippen LogP) is 2.10. The molecule has 2 fully saturated rings. The van der Waals surface area contributed by atoms with Crippen LogP contribution in [0.1, 0.15) is 55.6 Å². The first-order valence-corrected chi connectivity index (χ1v) is 7.58. The van der Waals surface area contributed by atoms with E-state index in [1.165, 1.54) is 37.8 Å². The first-order valence-electron chi connectivity index (χ1n) is 7.58. The maximum Gasteiger partial charge on any atom is 0.146 e. The molecule has 1 atom stereocenters. The van der Waals surface area contributed by atoms with Gasteiger partial charge in [0.05, 0.1) is 6.04 Å². The molecule has 1 N–H and O–H groups in total. The molecular formula is C15H24N4. The van der Waals surface area contributed by atoms with Gasteiger partial charge in [-0.1, -0.05) is 19.3 Å². The highest BCUT2D eigenvalue weighted by atomic mass is 15.2. The van der Waals surface area contributed by atoms with E-state index < -0.39 is 0 Å². The molecule has 1 aromatic heterocycles. The molecular weight excluding hydrogens is 236 g/mol. The SMILES string of the molecule is CN1CCNC(c2nccc(C3CCCCC3)n2)C1. The Morgan fingerprint density at radius 1 is 1.26 bits per heavy atom. The lowest BCUT2D eigenvalue weighted by atomic mass is 9.87. The van der Waals surface area contributed by atoms with Gasteiger partial charge >= 0.3 is 0 Å². The van der Waals surface area contributed by atoms with E-state index in [0.29, 0.717) is 12.0 Å². The van der Waals surface area contributed by atoms with Gasteiger partial charge in [0.1, 0.15) is 5.82 Å². The van der Waals surface area contributed by atoms with Gasteiger partial charge in [0.25, 0.3) is 0 Å². The van der Waals surface area contributed by atoms with Crippen LogP contribution in [0.2, 0.25) is 0 Å². The lowest BCUT2D eigenvalue weighted by molar-refractivity contribution is 0.235. The molecule has 19 heavy (non-hydrogen) atoms. The zero-order valence-electron chi connectivity index (χ0n) is 11.8. The third-order valence-electron chi connectivity index (χ3n) is 4.41. The lowest BCUT2D eigenvalue weighted by Crippen LogP contribution is -2.44. The summed E-state index contributed by atoms with van der Waals surface area (Å²) in [6.45, 7) is 3.14. The van der Waals surface area contributed by atoms with E-state index in [9.17, 15) is 0 Å². The van der Waals surface area contributed by atoms with Crippen molar-refractivity contribution >= 4 is 0 Å². The number of nitrogens with zero attached hydrogens (tertiary/aromatic N) is 3. The smallest absolute Gasteiger partial charge is 0.146 e. The summed E-state index contributed by atoms with van der Waals surface area (Å²) in [5.74, 6) is 1.64. The Balaban J connectivity index is 1.75. The Morgan fingerprint density at radius 2 is 2.11 bits per heavy atom. The van der Waals surface area contributed by atoms with Crippen LogP contribution in [-0.2, 0) is 0 Å². The normalized spacial score (nSPS) is 26.5. The van der Waals surface area contributed by atoms with Crippen LogP contribution < -0.4 is 5.32 Å². The van der Waals surface area contributed by atoms with E-state index in [1.54, 1.807) is 0 Å². The molecule has 0 spiro atoms. The van der Waals surface area contributed by atoms with Gasteiger partial charge in [0.15, 0.2) is 0 Å². The first kappa shape index (κ1) is 13.0. The minimum absolute atomic E-state index is 0.294. The van der Waals surface area contributed by atoms with Crippen LogP contribution in [0.3, 0.4) is 0 Å². The summed E-state index contributed by atoms with van der Waals surface area (Å²) in [6, 6.07) is 2.41. The van der Waals surface area contributed by atoms with Crippen molar-refractivity contribution in [3.8, 4) is 0 Å². The summed E-state index contributed by atoms with van der Waals surface area (Å²) in [5.41, 5.74) is 1.26. The second-order valence-electron chi connectivity index (χ2n) is 5.94. The first-order chi connectivity index (χ1) is 9.33. The van der Waals surface area contributed by atoms with E-state index in [2.05, 4.69) is 28.3 Å². The standard InChI is InChI=1S/C15H24N4/c1-19-10-9-16-14(11-19)15-17-8-7-13(18-15)12-5-3-2-4-6-12/h7-8,12,14,16H,2-6,9-11H2,1H3. The molecule has 4 heteroatoms.